The Morgan fingerprint density at radius 1 is 1.17 bits per heavy atom. The lowest BCUT2D eigenvalue weighted by Gasteiger charge is -2.26. The number of H-pyrrole nitrogens is 1. The largest absolute Gasteiger partial charge is 0.416 e. The number of hydrogen-bond donors (Lipinski definition) is 1. The molecule has 0 radical (unpaired) electrons. The molecule has 0 saturated carbocycles. The number of alkyl halides is 3. The molecule has 2 aromatic heterocycles. The Kier molecular flexibility index (Phi) is 5.88. The molecule has 0 fully saturated rings. The quantitative estimate of drug-likeness (QED) is 0.671. The van der Waals surface area contributed by atoms with Crippen molar-refractivity contribution in [3.63, 3.8) is 0 Å². The third kappa shape index (κ3) is 4.48. The fraction of sp³-hybridized carbons (Fsp3) is 0.211. The maximum Gasteiger partial charge on any atom is 0.416 e. The molecule has 1 unspecified atom stereocenters. The first-order valence-corrected chi connectivity index (χ1v) is 8.97. The van der Waals surface area contributed by atoms with Crippen LogP contribution in [0.2, 0.25) is 5.02 Å². The van der Waals surface area contributed by atoms with Gasteiger partial charge in [0.1, 0.15) is 11.4 Å². The maximum atomic E-state index is 13.1. The van der Waals surface area contributed by atoms with Crippen molar-refractivity contribution in [2.45, 2.75) is 19.1 Å². The van der Waals surface area contributed by atoms with Gasteiger partial charge in [-0.1, -0.05) is 11.6 Å². The number of carbonyl (C=O) groups is 1. The highest BCUT2D eigenvalue weighted by Crippen LogP contribution is 2.33. The third-order valence-electron chi connectivity index (χ3n) is 4.42. The van der Waals surface area contributed by atoms with E-state index < -0.39 is 29.2 Å². The molecular weight excluding hydrogens is 423 g/mol. The second kappa shape index (κ2) is 8.23. The van der Waals surface area contributed by atoms with Gasteiger partial charge in [0, 0.05) is 36.1 Å². The van der Waals surface area contributed by atoms with Crippen LogP contribution in [0.4, 0.5) is 13.2 Å². The summed E-state index contributed by atoms with van der Waals surface area (Å²) in [5.41, 5.74) is -0.624. The van der Waals surface area contributed by atoms with Crippen LogP contribution in [-0.4, -0.2) is 38.0 Å². The first-order valence-electron chi connectivity index (χ1n) is 8.60. The number of nitrogens with one attached hydrogen (secondary N) is 1. The molecule has 30 heavy (non-hydrogen) atoms. The van der Waals surface area contributed by atoms with Gasteiger partial charge in [0.05, 0.1) is 17.3 Å². The van der Waals surface area contributed by atoms with Gasteiger partial charge in [-0.05, 0) is 31.2 Å². The molecule has 0 aliphatic carbocycles. The number of rotatable bonds is 4. The molecule has 2 heterocycles. The lowest BCUT2D eigenvalue weighted by Crippen LogP contribution is -2.31. The van der Waals surface area contributed by atoms with E-state index in [2.05, 4.69) is 20.2 Å². The molecule has 7 nitrogen and oxygen atoms in total. The lowest BCUT2D eigenvalue weighted by atomic mass is 10.1. The van der Waals surface area contributed by atoms with E-state index in [-0.39, 0.29) is 10.6 Å². The highest BCUT2D eigenvalue weighted by molar-refractivity contribution is 6.31. The Morgan fingerprint density at radius 3 is 2.50 bits per heavy atom. The zero-order valence-corrected chi connectivity index (χ0v) is 16.5. The van der Waals surface area contributed by atoms with Gasteiger partial charge in [0.25, 0.3) is 11.5 Å². The first kappa shape index (κ1) is 21.4. The van der Waals surface area contributed by atoms with Crippen molar-refractivity contribution in [1.29, 1.82) is 0 Å². The van der Waals surface area contributed by atoms with Crippen LogP contribution < -0.4 is 5.56 Å². The van der Waals surface area contributed by atoms with E-state index in [0.29, 0.717) is 17.1 Å². The Labute approximate surface area is 173 Å². The van der Waals surface area contributed by atoms with E-state index in [1.54, 1.807) is 6.92 Å². The summed E-state index contributed by atoms with van der Waals surface area (Å²) in [7, 11) is 1.43. The van der Waals surface area contributed by atoms with Crippen molar-refractivity contribution < 1.29 is 18.0 Å². The van der Waals surface area contributed by atoms with Gasteiger partial charge in [-0.3, -0.25) is 19.6 Å². The van der Waals surface area contributed by atoms with Crippen molar-refractivity contribution in [2.75, 3.05) is 7.05 Å². The smallest absolute Gasteiger partial charge is 0.333 e. The van der Waals surface area contributed by atoms with E-state index in [1.807, 2.05) is 0 Å². The number of halogens is 4. The summed E-state index contributed by atoms with van der Waals surface area (Å²) in [6.45, 7) is 1.65. The van der Waals surface area contributed by atoms with Gasteiger partial charge >= 0.3 is 6.18 Å². The Bertz CT molecular complexity index is 1130. The molecule has 0 saturated heterocycles. The van der Waals surface area contributed by atoms with E-state index in [9.17, 15) is 22.8 Å². The monoisotopic (exact) mass is 437 g/mol. The van der Waals surface area contributed by atoms with Crippen LogP contribution in [0.1, 0.15) is 34.6 Å². The fourth-order valence-electron chi connectivity index (χ4n) is 2.77. The molecule has 11 heteroatoms. The van der Waals surface area contributed by atoms with E-state index >= 15 is 0 Å². The maximum absolute atomic E-state index is 13.1. The minimum absolute atomic E-state index is 0.202. The van der Waals surface area contributed by atoms with Crippen molar-refractivity contribution >= 4 is 17.5 Å². The number of hydrogen-bond acceptors (Lipinski definition) is 5. The van der Waals surface area contributed by atoms with Gasteiger partial charge in [0.15, 0.2) is 0 Å². The second-order valence-electron chi connectivity index (χ2n) is 6.41. The van der Waals surface area contributed by atoms with Crippen LogP contribution in [0.3, 0.4) is 0 Å². The number of aromatic amines is 1. The molecule has 1 atom stereocenters. The fourth-order valence-corrected chi connectivity index (χ4v) is 3.00. The van der Waals surface area contributed by atoms with Crippen LogP contribution in [0.15, 0.2) is 47.5 Å². The summed E-state index contributed by atoms with van der Waals surface area (Å²) in [6.07, 6.45) is -1.80. The molecule has 1 N–H and O–H groups in total. The van der Waals surface area contributed by atoms with E-state index in [4.69, 9.17) is 11.6 Å². The molecular formula is C19H15ClF3N5O2. The molecule has 0 aliphatic rings. The standard InChI is InChI=1S/C19H15ClF3N5O2/c1-10(16-17(25-6-5-24-16)14-3-4-15(29)27-26-14)28(2)18(30)11-7-12(19(21,22)23)9-13(20)8-11/h3-10H,1-2H3,(H,27,29). The summed E-state index contributed by atoms with van der Waals surface area (Å²) in [6, 6.07) is 4.72. The minimum Gasteiger partial charge on any atom is -0.333 e. The Hall–Kier alpha value is -3.27. The molecule has 0 bridgehead atoms. The number of nitrogens with zero attached hydrogens (tertiary/aromatic N) is 4. The second-order valence-corrected chi connectivity index (χ2v) is 6.85. The summed E-state index contributed by atoms with van der Waals surface area (Å²) in [4.78, 5) is 33.8. The molecule has 156 valence electrons. The Balaban J connectivity index is 1.96. The average Bonchev–Trinajstić information content (AvgIpc) is 2.71. The zero-order chi connectivity index (χ0) is 22.1. The summed E-state index contributed by atoms with van der Waals surface area (Å²) >= 11 is 5.79. The third-order valence-corrected chi connectivity index (χ3v) is 4.64. The molecule has 1 amide bonds. The van der Waals surface area contributed by atoms with Crippen molar-refractivity contribution in [3.8, 4) is 11.4 Å². The zero-order valence-electron chi connectivity index (χ0n) is 15.7. The van der Waals surface area contributed by atoms with E-state index in [1.165, 1.54) is 42.5 Å². The Morgan fingerprint density at radius 2 is 1.87 bits per heavy atom. The highest BCUT2D eigenvalue weighted by Gasteiger charge is 2.32. The number of amides is 1. The minimum atomic E-state index is -4.64. The number of benzene rings is 1. The van der Waals surface area contributed by atoms with Crippen molar-refractivity contribution in [3.05, 3.63) is 74.9 Å². The normalized spacial score (nSPS) is 12.5. The number of aromatic nitrogens is 4. The molecule has 3 aromatic rings. The van der Waals surface area contributed by atoms with Crippen LogP contribution in [0, 0.1) is 0 Å². The van der Waals surface area contributed by atoms with Crippen molar-refractivity contribution in [1.82, 2.24) is 25.1 Å². The predicted molar refractivity (Wildman–Crippen MR) is 103 cm³/mol. The van der Waals surface area contributed by atoms with Crippen molar-refractivity contribution in [2.24, 2.45) is 0 Å². The molecule has 0 aliphatic heterocycles. The number of carbonyl (C=O) groups excluding carboxylic acids is 1. The molecule has 1 aromatic carbocycles. The van der Waals surface area contributed by atoms with Gasteiger partial charge < -0.3 is 4.90 Å². The summed E-state index contributed by atoms with van der Waals surface area (Å²) in [5, 5.41) is 6.01. The average molecular weight is 438 g/mol. The van der Waals surface area contributed by atoms with Gasteiger partial charge in [-0.15, -0.1) is 0 Å². The SMILES string of the molecule is CC(c1nccnc1-c1ccc(=O)[nH]n1)N(C)C(=O)c1cc(Cl)cc(C(F)(F)F)c1. The van der Waals surface area contributed by atoms with Gasteiger partial charge in [0.2, 0.25) is 0 Å². The van der Waals surface area contributed by atoms with Crippen LogP contribution in [0.5, 0.6) is 0 Å². The summed E-state index contributed by atoms with van der Waals surface area (Å²) in [5.74, 6) is -0.679. The topological polar surface area (TPSA) is 91.8 Å². The predicted octanol–water partition coefficient (Wildman–Crippen LogP) is 3.73. The van der Waals surface area contributed by atoms with Gasteiger partial charge in [-0.25, -0.2) is 5.10 Å². The van der Waals surface area contributed by atoms with E-state index in [0.717, 1.165) is 12.1 Å². The summed E-state index contributed by atoms with van der Waals surface area (Å²) < 4.78 is 39.2. The van der Waals surface area contributed by atoms with Gasteiger partial charge in [-0.2, -0.15) is 18.3 Å². The highest BCUT2D eigenvalue weighted by atomic mass is 35.5. The first-order chi connectivity index (χ1) is 14.1. The van der Waals surface area contributed by atoms with Crippen LogP contribution >= 0.6 is 11.6 Å². The van der Waals surface area contributed by atoms with Crippen LogP contribution in [0.25, 0.3) is 11.4 Å². The lowest BCUT2D eigenvalue weighted by molar-refractivity contribution is -0.137. The molecule has 0 spiro atoms. The molecule has 3 rings (SSSR count). The van der Waals surface area contributed by atoms with Crippen LogP contribution in [-0.2, 0) is 6.18 Å².